The fraction of sp³-hybridized carbons (Fsp3) is 0.333. The van der Waals surface area contributed by atoms with Crippen molar-refractivity contribution in [3.05, 3.63) is 34.3 Å². The van der Waals surface area contributed by atoms with Gasteiger partial charge in [-0.15, -0.1) is 0 Å². The highest BCUT2D eigenvalue weighted by molar-refractivity contribution is 9.10. The maximum absolute atomic E-state index is 12.4. The normalized spacial score (nSPS) is 14.1. The lowest BCUT2D eigenvalue weighted by Gasteiger charge is -2.18. The Morgan fingerprint density at radius 1 is 1.21 bits per heavy atom. The molecular formula is C9H8BrF3O. The lowest BCUT2D eigenvalue weighted by Crippen LogP contribution is -2.22. The highest BCUT2D eigenvalue weighted by Crippen LogP contribution is 2.35. The van der Waals surface area contributed by atoms with Gasteiger partial charge >= 0.3 is 6.18 Å². The van der Waals surface area contributed by atoms with Gasteiger partial charge in [0.25, 0.3) is 0 Å². The van der Waals surface area contributed by atoms with Crippen LogP contribution in [0.4, 0.5) is 13.2 Å². The van der Waals surface area contributed by atoms with Crippen LogP contribution < -0.4 is 0 Å². The molecule has 0 spiro atoms. The predicted molar refractivity (Wildman–Crippen MR) is 49.9 cm³/mol. The maximum atomic E-state index is 12.4. The number of hydrogen-bond acceptors (Lipinski definition) is 1. The SMILES string of the molecule is COC(c1ccc(Br)cc1)C(F)(F)F. The van der Waals surface area contributed by atoms with E-state index < -0.39 is 12.3 Å². The number of methoxy groups -OCH3 is 1. The monoisotopic (exact) mass is 268 g/mol. The van der Waals surface area contributed by atoms with Gasteiger partial charge < -0.3 is 4.74 Å². The Morgan fingerprint density at radius 3 is 2.07 bits per heavy atom. The summed E-state index contributed by atoms with van der Waals surface area (Å²) in [6.07, 6.45) is -6.22. The Balaban J connectivity index is 2.96. The molecule has 0 aliphatic carbocycles. The number of benzene rings is 1. The van der Waals surface area contributed by atoms with E-state index in [9.17, 15) is 13.2 Å². The highest BCUT2D eigenvalue weighted by atomic mass is 79.9. The molecule has 1 unspecified atom stereocenters. The molecule has 0 N–H and O–H groups in total. The van der Waals surface area contributed by atoms with E-state index in [4.69, 9.17) is 0 Å². The van der Waals surface area contributed by atoms with Crippen LogP contribution in [0.3, 0.4) is 0 Å². The minimum atomic E-state index is -4.37. The van der Waals surface area contributed by atoms with Crippen LogP contribution in [0, 0.1) is 0 Å². The van der Waals surface area contributed by atoms with Gasteiger partial charge in [-0.2, -0.15) is 13.2 Å². The van der Waals surface area contributed by atoms with E-state index in [0.717, 1.165) is 11.6 Å². The van der Waals surface area contributed by atoms with Gasteiger partial charge in [-0.1, -0.05) is 28.1 Å². The molecule has 5 heteroatoms. The molecule has 1 atom stereocenters. The zero-order chi connectivity index (χ0) is 10.8. The quantitative estimate of drug-likeness (QED) is 0.795. The fourth-order valence-electron chi connectivity index (χ4n) is 1.10. The van der Waals surface area contributed by atoms with Crippen molar-refractivity contribution in [1.29, 1.82) is 0 Å². The fourth-order valence-corrected chi connectivity index (χ4v) is 1.36. The van der Waals surface area contributed by atoms with Crippen molar-refractivity contribution in [2.24, 2.45) is 0 Å². The van der Waals surface area contributed by atoms with Crippen LogP contribution in [0.5, 0.6) is 0 Å². The van der Waals surface area contributed by atoms with Crippen molar-refractivity contribution in [3.8, 4) is 0 Å². The van der Waals surface area contributed by atoms with E-state index in [0.29, 0.717) is 0 Å². The van der Waals surface area contributed by atoms with Crippen molar-refractivity contribution >= 4 is 15.9 Å². The number of ether oxygens (including phenoxy) is 1. The van der Waals surface area contributed by atoms with E-state index in [-0.39, 0.29) is 5.56 Å². The highest BCUT2D eigenvalue weighted by Gasteiger charge is 2.40. The first-order chi connectivity index (χ1) is 6.45. The number of halogens is 4. The molecule has 0 amide bonds. The van der Waals surface area contributed by atoms with Crippen LogP contribution in [-0.2, 0) is 4.74 Å². The van der Waals surface area contributed by atoms with Gasteiger partial charge in [-0.25, -0.2) is 0 Å². The molecule has 14 heavy (non-hydrogen) atoms. The molecule has 0 aliphatic heterocycles. The van der Waals surface area contributed by atoms with Gasteiger partial charge in [0, 0.05) is 11.6 Å². The topological polar surface area (TPSA) is 9.23 Å². The summed E-state index contributed by atoms with van der Waals surface area (Å²) < 4.78 is 42.2. The molecule has 78 valence electrons. The maximum Gasteiger partial charge on any atom is 0.418 e. The van der Waals surface area contributed by atoms with Crippen molar-refractivity contribution in [2.45, 2.75) is 12.3 Å². The van der Waals surface area contributed by atoms with Gasteiger partial charge in [-0.3, -0.25) is 0 Å². The molecule has 1 rings (SSSR count). The summed E-state index contributed by atoms with van der Waals surface area (Å²) in [5.74, 6) is 0. The Morgan fingerprint density at radius 2 is 1.71 bits per heavy atom. The third-order valence-corrected chi connectivity index (χ3v) is 2.23. The molecule has 0 bridgehead atoms. The van der Waals surface area contributed by atoms with Crippen molar-refractivity contribution in [3.63, 3.8) is 0 Å². The van der Waals surface area contributed by atoms with E-state index in [1.54, 1.807) is 12.1 Å². The molecule has 1 aromatic carbocycles. The summed E-state index contributed by atoms with van der Waals surface area (Å²) in [5.41, 5.74) is 0.100. The zero-order valence-electron chi connectivity index (χ0n) is 7.31. The van der Waals surface area contributed by atoms with E-state index in [1.165, 1.54) is 12.1 Å². The Bertz CT molecular complexity index is 294. The molecule has 0 saturated heterocycles. The molecule has 0 aromatic heterocycles. The summed E-state index contributed by atoms with van der Waals surface area (Å²) in [4.78, 5) is 0. The average molecular weight is 269 g/mol. The zero-order valence-corrected chi connectivity index (χ0v) is 8.89. The van der Waals surface area contributed by atoms with Gasteiger partial charge in [0.05, 0.1) is 0 Å². The second kappa shape index (κ2) is 4.31. The molecule has 0 fully saturated rings. The second-order valence-corrected chi connectivity index (χ2v) is 3.62. The van der Waals surface area contributed by atoms with Crippen molar-refractivity contribution in [2.75, 3.05) is 7.11 Å². The average Bonchev–Trinajstić information content (AvgIpc) is 2.07. The molecule has 0 aliphatic rings. The number of alkyl halides is 3. The summed E-state index contributed by atoms with van der Waals surface area (Å²) in [6, 6.07) is 5.86. The van der Waals surface area contributed by atoms with Crippen LogP contribution in [0.15, 0.2) is 28.7 Å². The van der Waals surface area contributed by atoms with Crippen LogP contribution in [0.25, 0.3) is 0 Å². The third kappa shape index (κ3) is 2.72. The first-order valence-electron chi connectivity index (χ1n) is 3.80. The van der Waals surface area contributed by atoms with Crippen LogP contribution in [0.1, 0.15) is 11.7 Å². The minimum Gasteiger partial charge on any atom is -0.367 e. The standard InChI is InChI=1S/C9H8BrF3O/c1-14-8(9(11,12)13)6-2-4-7(10)5-3-6/h2-5,8H,1H3. The smallest absolute Gasteiger partial charge is 0.367 e. The van der Waals surface area contributed by atoms with E-state index >= 15 is 0 Å². The summed E-state index contributed by atoms with van der Waals surface area (Å²) in [7, 11) is 1.04. The Kier molecular flexibility index (Phi) is 3.55. The molecule has 0 heterocycles. The van der Waals surface area contributed by atoms with Gasteiger partial charge in [0.15, 0.2) is 6.10 Å². The Labute approximate surface area is 88.0 Å². The summed E-state index contributed by atoms with van der Waals surface area (Å²) in [5, 5.41) is 0. The Hall–Kier alpha value is -0.550. The number of hydrogen-bond donors (Lipinski definition) is 0. The van der Waals surface area contributed by atoms with Crippen LogP contribution in [0.2, 0.25) is 0 Å². The predicted octanol–water partition coefficient (Wildman–Crippen LogP) is 3.70. The summed E-state index contributed by atoms with van der Waals surface area (Å²) >= 11 is 3.14. The third-order valence-electron chi connectivity index (χ3n) is 1.71. The lowest BCUT2D eigenvalue weighted by atomic mass is 10.1. The van der Waals surface area contributed by atoms with Crippen molar-refractivity contribution in [1.82, 2.24) is 0 Å². The van der Waals surface area contributed by atoms with Gasteiger partial charge in [0.1, 0.15) is 0 Å². The first-order valence-corrected chi connectivity index (χ1v) is 4.59. The van der Waals surface area contributed by atoms with Gasteiger partial charge in [0.2, 0.25) is 0 Å². The molecule has 0 saturated carbocycles. The van der Waals surface area contributed by atoms with Crippen LogP contribution >= 0.6 is 15.9 Å². The van der Waals surface area contributed by atoms with Gasteiger partial charge in [-0.05, 0) is 17.7 Å². The van der Waals surface area contributed by atoms with Crippen molar-refractivity contribution < 1.29 is 17.9 Å². The van der Waals surface area contributed by atoms with E-state index in [2.05, 4.69) is 20.7 Å². The minimum absolute atomic E-state index is 0.100. The van der Waals surface area contributed by atoms with Crippen LogP contribution in [-0.4, -0.2) is 13.3 Å². The van der Waals surface area contributed by atoms with E-state index in [1.807, 2.05) is 0 Å². The second-order valence-electron chi connectivity index (χ2n) is 2.71. The largest absolute Gasteiger partial charge is 0.418 e. The molecule has 0 radical (unpaired) electrons. The molecular weight excluding hydrogens is 261 g/mol. The first kappa shape index (κ1) is 11.5. The molecule has 1 nitrogen and oxygen atoms in total. The number of rotatable bonds is 2. The molecule has 1 aromatic rings. The lowest BCUT2D eigenvalue weighted by molar-refractivity contribution is -0.215. The summed E-state index contributed by atoms with van der Waals surface area (Å²) in [6.45, 7) is 0.